The number of nitrogens with zero attached hydrogens (tertiary/aromatic N) is 2. The molecule has 7 nitrogen and oxygen atoms in total. The normalized spacial score (nSPS) is 23.9. The van der Waals surface area contributed by atoms with Crippen molar-refractivity contribution in [2.75, 3.05) is 5.32 Å². The van der Waals surface area contributed by atoms with Crippen LogP contribution in [0.25, 0.3) is 10.9 Å². The van der Waals surface area contributed by atoms with Crippen molar-refractivity contribution in [2.45, 2.75) is 95.8 Å². The lowest BCUT2D eigenvalue weighted by Gasteiger charge is -2.48. The highest BCUT2D eigenvalue weighted by molar-refractivity contribution is 6.14. The molecule has 1 aliphatic heterocycles. The van der Waals surface area contributed by atoms with Crippen molar-refractivity contribution in [3.05, 3.63) is 29.7 Å². The molecule has 3 aliphatic rings. The minimum atomic E-state index is -1.08. The maximum atomic E-state index is 14.2. The Morgan fingerprint density at radius 2 is 1.74 bits per heavy atom. The SMILES string of the molecule is CC(=O)Nc1c2n(c3ccc(F)cc13)CC(C)(C(=O)NC1CCCCC1)N(C1CCCC1)C2=O. The topological polar surface area (TPSA) is 83.4 Å². The number of anilines is 1. The van der Waals surface area contributed by atoms with Crippen molar-refractivity contribution in [2.24, 2.45) is 0 Å². The van der Waals surface area contributed by atoms with Crippen molar-refractivity contribution in [1.29, 1.82) is 0 Å². The van der Waals surface area contributed by atoms with Crippen LogP contribution in [0.1, 0.15) is 82.1 Å². The summed E-state index contributed by atoms with van der Waals surface area (Å²) in [5.74, 6) is -1.18. The molecule has 2 saturated carbocycles. The lowest BCUT2D eigenvalue weighted by atomic mass is 9.89. The first-order chi connectivity index (χ1) is 16.3. The monoisotopic (exact) mass is 468 g/mol. The first kappa shape index (κ1) is 22.9. The molecule has 1 aromatic heterocycles. The van der Waals surface area contributed by atoms with Crippen LogP contribution >= 0.6 is 0 Å². The Morgan fingerprint density at radius 1 is 1.06 bits per heavy atom. The number of hydrogen-bond donors (Lipinski definition) is 2. The number of rotatable bonds is 4. The van der Waals surface area contributed by atoms with E-state index in [0.29, 0.717) is 22.3 Å². The van der Waals surface area contributed by atoms with Crippen LogP contribution in [-0.4, -0.2) is 44.8 Å². The zero-order chi connectivity index (χ0) is 24.0. The van der Waals surface area contributed by atoms with Gasteiger partial charge in [-0.2, -0.15) is 0 Å². The molecule has 8 heteroatoms. The molecule has 2 N–H and O–H groups in total. The summed E-state index contributed by atoms with van der Waals surface area (Å²) < 4.78 is 16.0. The van der Waals surface area contributed by atoms with Gasteiger partial charge in [-0.15, -0.1) is 0 Å². The van der Waals surface area contributed by atoms with Crippen LogP contribution in [0, 0.1) is 5.82 Å². The Labute approximate surface area is 199 Å². The Hall–Kier alpha value is -2.90. The number of hydrogen-bond acceptors (Lipinski definition) is 3. The zero-order valence-corrected chi connectivity index (χ0v) is 20.0. The van der Waals surface area contributed by atoms with Gasteiger partial charge in [0, 0.05) is 24.4 Å². The number of amides is 3. The smallest absolute Gasteiger partial charge is 0.273 e. The lowest BCUT2D eigenvalue weighted by molar-refractivity contribution is -0.135. The summed E-state index contributed by atoms with van der Waals surface area (Å²) in [7, 11) is 0. The van der Waals surface area contributed by atoms with Gasteiger partial charge in [-0.1, -0.05) is 32.1 Å². The highest BCUT2D eigenvalue weighted by Gasteiger charge is 2.52. The average molecular weight is 469 g/mol. The van der Waals surface area contributed by atoms with E-state index in [9.17, 15) is 18.8 Å². The standard InChI is InChI=1S/C26H33FN4O3/c1-16(32)28-22-20-14-17(27)12-13-21(20)30-15-26(2,25(34)29-18-8-4-3-5-9-18)31(24(33)23(22)30)19-10-6-7-11-19/h12-14,18-19H,3-11,15H2,1-2H3,(H,28,32)(H,29,34). The van der Waals surface area contributed by atoms with Gasteiger partial charge in [0.05, 0.1) is 17.7 Å². The fourth-order valence-electron chi connectivity index (χ4n) is 6.24. The van der Waals surface area contributed by atoms with Gasteiger partial charge in [0.2, 0.25) is 11.8 Å². The van der Waals surface area contributed by atoms with Crippen molar-refractivity contribution >= 4 is 34.3 Å². The third-order valence-corrected chi connectivity index (χ3v) is 7.86. The predicted octanol–water partition coefficient (Wildman–Crippen LogP) is 4.34. The number of carbonyl (C=O) groups excluding carboxylic acids is 3. The van der Waals surface area contributed by atoms with Gasteiger partial charge in [-0.25, -0.2) is 4.39 Å². The molecule has 2 aromatic rings. The molecule has 2 fully saturated rings. The molecule has 3 amide bonds. The van der Waals surface area contributed by atoms with Crippen LogP contribution in [0.4, 0.5) is 10.1 Å². The van der Waals surface area contributed by atoms with Gasteiger partial charge in [-0.3, -0.25) is 14.4 Å². The quantitative estimate of drug-likeness (QED) is 0.700. The minimum Gasteiger partial charge on any atom is -0.351 e. The van der Waals surface area contributed by atoms with Crippen molar-refractivity contribution < 1.29 is 18.8 Å². The third kappa shape index (κ3) is 3.77. The number of nitrogens with one attached hydrogen (secondary N) is 2. The van der Waals surface area contributed by atoms with Crippen LogP contribution in [0.3, 0.4) is 0 Å². The van der Waals surface area contributed by atoms with E-state index in [1.807, 2.05) is 6.92 Å². The summed E-state index contributed by atoms with van der Waals surface area (Å²) >= 11 is 0. The summed E-state index contributed by atoms with van der Waals surface area (Å²) in [5.41, 5.74) is 0.205. The number of carbonyl (C=O) groups is 3. The lowest BCUT2D eigenvalue weighted by Crippen LogP contribution is -2.67. The molecule has 0 bridgehead atoms. The summed E-state index contributed by atoms with van der Waals surface area (Å²) in [5, 5.41) is 6.50. The Balaban J connectivity index is 1.63. The Morgan fingerprint density at radius 3 is 2.41 bits per heavy atom. The predicted molar refractivity (Wildman–Crippen MR) is 128 cm³/mol. The summed E-state index contributed by atoms with van der Waals surface area (Å²) in [6, 6.07) is 4.41. The van der Waals surface area contributed by atoms with E-state index in [0.717, 1.165) is 51.4 Å². The molecule has 1 aromatic carbocycles. The molecule has 2 heterocycles. The van der Waals surface area contributed by atoms with Gasteiger partial charge < -0.3 is 20.1 Å². The molecular formula is C26H33FN4O3. The maximum absolute atomic E-state index is 14.2. The molecule has 0 saturated heterocycles. The van der Waals surface area contributed by atoms with E-state index in [2.05, 4.69) is 10.6 Å². The second-order valence-corrected chi connectivity index (χ2v) is 10.3. The van der Waals surface area contributed by atoms with E-state index < -0.39 is 11.4 Å². The summed E-state index contributed by atoms with van der Waals surface area (Å²) in [6.07, 6.45) is 9.05. The summed E-state index contributed by atoms with van der Waals surface area (Å²) in [6.45, 7) is 3.49. The Bertz CT molecular complexity index is 1150. The fraction of sp³-hybridized carbons (Fsp3) is 0.577. The zero-order valence-electron chi connectivity index (χ0n) is 20.0. The fourth-order valence-corrected chi connectivity index (χ4v) is 6.24. The number of benzene rings is 1. The van der Waals surface area contributed by atoms with Gasteiger partial charge in [-0.05, 0) is 50.8 Å². The molecule has 182 valence electrons. The number of aromatic nitrogens is 1. The largest absolute Gasteiger partial charge is 0.351 e. The van der Waals surface area contributed by atoms with Gasteiger partial charge in [0.1, 0.15) is 17.1 Å². The van der Waals surface area contributed by atoms with Crippen molar-refractivity contribution in [1.82, 2.24) is 14.8 Å². The van der Waals surface area contributed by atoms with E-state index in [-0.39, 0.29) is 36.3 Å². The molecule has 2 aliphatic carbocycles. The molecule has 1 unspecified atom stereocenters. The molecule has 5 rings (SSSR count). The minimum absolute atomic E-state index is 0.0386. The van der Waals surface area contributed by atoms with Crippen LogP contribution in [0.2, 0.25) is 0 Å². The van der Waals surface area contributed by atoms with Crippen molar-refractivity contribution in [3.8, 4) is 0 Å². The molecular weight excluding hydrogens is 435 g/mol. The van der Waals surface area contributed by atoms with Gasteiger partial charge in [0.25, 0.3) is 5.91 Å². The van der Waals surface area contributed by atoms with E-state index >= 15 is 0 Å². The Kier molecular flexibility index (Phi) is 5.86. The highest BCUT2D eigenvalue weighted by atomic mass is 19.1. The van der Waals surface area contributed by atoms with Crippen LogP contribution in [0.5, 0.6) is 0 Å². The molecule has 0 spiro atoms. The second kappa shape index (κ2) is 8.71. The summed E-state index contributed by atoms with van der Waals surface area (Å²) in [4.78, 5) is 41.8. The van der Waals surface area contributed by atoms with E-state index in [4.69, 9.17) is 0 Å². The van der Waals surface area contributed by atoms with Crippen LogP contribution < -0.4 is 10.6 Å². The second-order valence-electron chi connectivity index (χ2n) is 10.3. The number of fused-ring (bicyclic) bond motifs is 3. The highest BCUT2D eigenvalue weighted by Crippen LogP contribution is 2.42. The molecule has 34 heavy (non-hydrogen) atoms. The number of halogens is 1. The van der Waals surface area contributed by atoms with Gasteiger partial charge >= 0.3 is 0 Å². The van der Waals surface area contributed by atoms with Gasteiger partial charge in [0.15, 0.2) is 0 Å². The van der Waals surface area contributed by atoms with Crippen molar-refractivity contribution in [3.63, 3.8) is 0 Å². The molecule has 0 radical (unpaired) electrons. The maximum Gasteiger partial charge on any atom is 0.273 e. The van der Waals surface area contributed by atoms with E-state index in [1.54, 1.807) is 15.5 Å². The molecule has 1 atom stereocenters. The van der Waals surface area contributed by atoms with Crippen LogP contribution in [-0.2, 0) is 16.1 Å². The first-order valence-corrected chi connectivity index (χ1v) is 12.5. The third-order valence-electron chi connectivity index (χ3n) is 7.86. The average Bonchev–Trinajstić information content (AvgIpc) is 3.41. The van der Waals surface area contributed by atoms with Crippen LogP contribution in [0.15, 0.2) is 18.2 Å². The first-order valence-electron chi connectivity index (χ1n) is 12.5. The van der Waals surface area contributed by atoms with E-state index in [1.165, 1.54) is 25.5 Å².